The van der Waals surface area contributed by atoms with E-state index in [0.29, 0.717) is 0 Å². The van der Waals surface area contributed by atoms with Gasteiger partial charge in [-0.2, -0.15) is 0 Å². The van der Waals surface area contributed by atoms with E-state index in [1.807, 2.05) is 6.07 Å². The zero-order valence-corrected chi connectivity index (χ0v) is 10.3. The lowest BCUT2D eigenvalue weighted by molar-refractivity contribution is 0.592. The summed E-state index contributed by atoms with van der Waals surface area (Å²) in [5.41, 5.74) is 3.41. The zero-order chi connectivity index (χ0) is 12.0. The zero-order valence-electron chi connectivity index (χ0n) is 10.3. The number of para-hydroxylation sites is 1. The number of pyridine rings is 1. The largest absolute Gasteiger partial charge is 0.281 e. The second-order valence-electron chi connectivity index (χ2n) is 5.39. The Morgan fingerprint density at radius 2 is 1.88 bits per heavy atom. The Kier molecular flexibility index (Phi) is 1.99. The minimum absolute atomic E-state index is 0.0678. The smallest absolute Gasteiger partial charge is 0.164 e. The molecule has 0 atom stereocenters. The summed E-state index contributed by atoms with van der Waals surface area (Å²) in [6.07, 6.45) is 1.78. The molecule has 0 amide bonds. The molecule has 0 aliphatic carbocycles. The summed E-state index contributed by atoms with van der Waals surface area (Å²) in [6, 6.07) is 10.5. The van der Waals surface area contributed by atoms with Crippen LogP contribution in [0.4, 0.5) is 0 Å². The van der Waals surface area contributed by atoms with E-state index >= 15 is 0 Å². The van der Waals surface area contributed by atoms with Crippen LogP contribution < -0.4 is 0 Å². The number of rotatable bonds is 0. The first-order valence-electron chi connectivity index (χ1n) is 5.79. The lowest BCUT2D eigenvalue weighted by atomic mass is 9.87. The molecule has 0 fully saturated rings. The van der Waals surface area contributed by atoms with Gasteiger partial charge in [0.1, 0.15) is 6.33 Å². The summed E-state index contributed by atoms with van der Waals surface area (Å²) in [4.78, 5) is 0. The van der Waals surface area contributed by atoms with Crippen LogP contribution in [-0.2, 0) is 5.41 Å². The molecule has 3 nitrogen and oxygen atoms in total. The van der Waals surface area contributed by atoms with Crippen molar-refractivity contribution >= 4 is 16.6 Å². The van der Waals surface area contributed by atoms with Gasteiger partial charge < -0.3 is 0 Å². The molecular formula is C14H15N3. The first-order chi connectivity index (χ1) is 8.07. The van der Waals surface area contributed by atoms with Gasteiger partial charge in [0, 0.05) is 5.56 Å². The molecule has 0 saturated carbocycles. The van der Waals surface area contributed by atoms with Crippen LogP contribution in [0.2, 0.25) is 0 Å². The maximum absolute atomic E-state index is 4.25. The van der Waals surface area contributed by atoms with Gasteiger partial charge in [-0.15, -0.1) is 10.2 Å². The number of hydrogen-bond donors (Lipinski definition) is 0. The summed E-state index contributed by atoms with van der Waals surface area (Å²) in [5, 5.41) is 9.51. The van der Waals surface area contributed by atoms with Crippen LogP contribution >= 0.6 is 0 Å². The van der Waals surface area contributed by atoms with Crippen LogP contribution in [0.25, 0.3) is 16.6 Å². The number of hydrogen-bond acceptors (Lipinski definition) is 2. The molecular weight excluding hydrogens is 210 g/mol. The van der Waals surface area contributed by atoms with Crippen molar-refractivity contribution in [3.63, 3.8) is 0 Å². The minimum atomic E-state index is 0.0678. The van der Waals surface area contributed by atoms with E-state index < -0.39 is 0 Å². The SMILES string of the molecule is CC(C)(C)c1cc2ccccc2n2cnnc12. The van der Waals surface area contributed by atoms with Gasteiger partial charge in [0.2, 0.25) is 0 Å². The number of fused-ring (bicyclic) bond motifs is 3. The summed E-state index contributed by atoms with van der Waals surface area (Å²) in [5.74, 6) is 0. The number of nitrogens with zero attached hydrogens (tertiary/aromatic N) is 3. The van der Waals surface area contributed by atoms with Gasteiger partial charge in [0.25, 0.3) is 0 Å². The van der Waals surface area contributed by atoms with Crippen molar-refractivity contribution in [3.8, 4) is 0 Å². The van der Waals surface area contributed by atoms with E-state index in [1.54, 1.807) is 6.33 Å². The lowest BCUT2D eigenvalue weighted by Crippen LogP contribution is -2.13. The molecule has 0 bridgehead atoms. The van der Waals surface area contributed by atoms with Gasteiger partial charge in [-0.25, -0.2) is 0 Å². The normalized spacial score (nSPS) is 12.4. The van der Waals surface area contributed by atoms with Gasteiger partial charge in [-0.1, -0.05) is 39.0 Å². The highest BCUT2D eigenvalue weighted by Crippen LogP contribution is 2.29. The summed E-state index contributed by atoms with van der Waals surface area (Å²) in [6.45, 7) is 6.60. The van der Waals surface area contributed by atoms with Crippen molar-refractivity contribution in [3.05, 3.63) is 42.2 Å². The van der Waals surface area contributed by atoms with Crippen molar-refractivity contribution < 1.29 is 0 Å². The molecule has 0 saturated heterocycles. The summed E-state index contributed by atoms with van der Waals surface area (Å²) >= 11 is 0. The Hall–Kier alpha value is -1.90. The standard InChI is InChI=1S/C14H15N3/c1-14(2,3)11-8-10-6-4-5-7-12(10)17-9-15-16-13(11)17/h4-9H,1-3H3. The van der Waals surface area contributed by atoms with Crippen molar-refractivity contribution in [2.24, 2.45) is 0 Å². The fourth-order valence-corrected chi connectivity index (χ4v) is 2.20. The Balaban J connectivity index is 2.53. The predicted octanol–water partition coefficient (Wildman–Crippen LogP) is 3.18. The van der Waals surface area contributed by atoms with Crippen LogP contribution in [0, 0.1) is 0 Å². The van der Waals surface area contributed by atoms with Gasteiger partial charge >= 0.3 is 0 Å². The molecule has 0 aliphatic rings. The third kappa shape index (κ3) is 1.50. The third-order valence-corrected chi connectivity index (χ3v) is 3.09. The van der Waals surface area contributed by atoms with E-state index in [-0.39, 0.29) is 5.41 Å². The Labute approximate surface area is 100 Å². The Morgan fingerprint density at radius 1 is 1.12 bits per heavy atom. The molecule has 0 spiro atoms. The van der Waals surface area contributed by atoms with Gasteiger partial charge in [0.15, 0.2) is 5.65 Å². The van der Waals surface area contributed by atoms with E-state index in [2.05, 4.69) is 59.6 Å². The highest BCUT2D eigenvalue weighted by molar-refractivity contribution is 5.83. The van der Waals surface area contributed by atoms with E-state index in [9.17, 15) is 0 Å². The van der Waals surface area contributed by atoms with E-state index in [0.717, 1.165) is 11.2 Å². The van der Waals surface area contributed by atoms with Crippen LogP contribution in [0.5, 0.6) is 0 Å². The Bertz CT molecular complexity index is 689. The molecule has 1 aromatic carbocycles. The number of aromatic nitrogens is 3. The molecule has 0 N–H and O–H groups in total. The van der Waals surface area contributed by atoms with E-state index in [1.165, 1.54) is 10.9 Å². The fourth-order valence-electron chi connectivity index (χ4n) is 2.20. The molecule has 17 heavy (non-hydrogen) atoms. The molecule has 0 radical (unpaired) electrons. The third-order valence-electron chi connectivity index (χ3n) is 3.09. The molecule has 0 aliphatic heterocycles. The first kappa shape index (κ1) is 10.3. The van der Waals surface area contributed by atoms with Crippen molar-refractivity contribution in [1.29, 1.82) is 0 Å². The van der Waals surface area contributed by atoms with Crippen molar-refractivity contribution in [1.82, 2.24) is 14.6 Å². The number of benzene rings is 1. The van der Waals surface area contributed by atoms with Gasteiger partial charge in [0.05, 0.1) is 5.52 Å². The molecule has 3 rings (SSSR count). The van der Waals surface area contributed by atoms with Crippen molar-refractivity contribution in [2.45, 2.75) is 26.2 Å². The quantitative estimate of drug-likeness (QED) is 0.588. The minimum Gasteiger partial charge on any atom is -0.281 e. The summed E-state index contributed by atoms with van der Waals surface area (Å²) < 4.78 is 2.07. The molecule has 3 aromatic rings. The van der Waals surface area contributed by atoms with Crippen molar-refractivity contribution in [2.75, 3.05) is 0 Å². The van der Waals surface area contributed by atoms with Gasteiger partial charge in [-0.3, -0.25) is 4.40 Å². The highest BCUT2D eigenvalue weighted by atomic mass is 15.2. The average Bonchev–Trinajstić information content (AvgIpc) is 2.75. The highest BCUT2D eigenvalue weighted by Gasteiger charge is 2.19. The second-order valence-corrected chi connectivity index (χ2v) is 5.39. The second kappa shape index (κ2) is 3.29. The van der Waals surface area contributed by atoms with E-state index in [4.69, 9.17) is 0 Å². The van der Waals surface area contributed by atoms with Gasteiger partial charge in [-0.05, 0) is 22.9 Å². The molecule has 3 heteroatoms. The molecule has 0 unspecified atom stereocenters. The van der Waals surface area contributed by atoms with Crippen LogP contribution in [-0.4, -0.2) is 14.6 Å². The lowest BCUT2D eigenvalue weighted by Gasteiger charge is -2.20. The average molecular weight is 225 g/mol. The fraction of sp³-hybridized carbons (Fsp3) is 0.286. The molecule has 2 heterocycles. The first-order valence-corrected chi connectivity index (χ1v) is 5.79. The molecule has 86 valence electrons. The maximum Gasteiger partial charge on any atom is 0.164 e. The predicted molar refractivity (Wildman–Crippen MR) is 69.2 cm³/mol. The Morgan fingerprint density at radius 3 is 2.65 bits per heavy atom. The van der Waals surface area contributed by atoms with Crippen LogP contribution in [0.3, 0.4) is 0 Å². The molecule has 2 aromatic heterocycles. The maximum atomic E-state index is 4.25. The van der Waals surface area contributed by atoms with Crippen LogP contribution in [0.1, 0.15) is 26.3 Å². The topological polar surface area (TPSA) is 30.2 Å². The summed E-state index contributed by atoms with van der Waals surface area (Å²) in [7, 11) is 0. The van der Waals surface area contributed by atoms with Crippen LogP contribution in [0.15, 0.2) is 36.7 Å². The monoisotopic (exact) mass is 225 g/mol.